The molecule has 4 heteroatoms. The molecule has 0 aliphatic rings. The Kier molecular flexibility index (Phi) is 6.06. The number of hydrogen-bond donors (Lipinski definition) is 0. The minimum Gasteiger partial charge on any atom is -0.481 e. The fraction of sp³-hybridized carbons (Fsp3) is 0.467. The number of carbonyl (C=O) groups excluding carboxylic acids is 1. The van der Waals surface area contributed by atoms with E-state index < -0.39 is 0 Å². The van der Waals surface area contributed by atoms with Gasteiger partial charge in [-0.2, -0.15) is 0 Å². The molecule has 1 aromatic heterocycles. The van der Waals surface area contributed by atoms with E-state index >= 15 is 0 Å². The highest BCUT2D eigenvalue weighted by Gasteiger charge is 2.08. The average Bonchev–Trinajstić information content (AvgIpc) is 2.42. The number of unbranched alkanes of at least 4 members (excludes halogenated alkanes) is 1. The van der Waals surface area contributed by atoms with Crippen molar-refractivity contribution in [3.63, 3.8) is 0 Å². The van der Waals surface area contributed by atoms with E-state index in [9.17, 15) is 4.79 Å². The molecule has 0 spiro atoms. The number of hydrogen-bond acceptors (Lipinski definition) is 4. The van der Waals surface area contributed by atoms with Crippen LogP contribution in [-0.2, 0) is 16.0 Å². The number of carbonyl (C=O) groups is 1. The van der Waals surface area contributed by atoms with Gasteiger partial charge in [0.05, 0.1) is 14.2 Å². The first-order valence-electron chi connectivity index (χ1n) is 6.42. The Morgan fingerprint density at radius 1 is 1.42 bits per heavy atom. The van der Waals surface area contributed by atoms with Crippen molar-refractivity contribution < 1.29 is 14.3 Å². The Bertz CT molecular complexity index is 467. The first kappa shape index (κ1) is 15.2. The third-order valence-corrected chi connectivity index (χ3v) is 2.91. The maximum Gasteiger partial charge on any atom is 0.330 e. The Balaban J connectivity index is 3.11. The van der Waals surface area contributed by atoms with E-state index in [4.69, 9.17) is 4.74 Å². The predicted molar refractivity (Wildman–Crippen MR) is 75.2 cm³/mol. The molecule has 19 heavy (non-hydrogen) atoms. The molecule has 4 nitrogen and oxygen atoms in total. The van der Waals surface area contributed by atoms with Crippen LogP contribution in [0.1, 0.15) is 36.6 Å². The zero-order valence-electron chi connectivity index (χ0n) is 12.0. The second-order valence-electron chi connectivity index (χ2n) is 4.28. The van der Waals surface area contributed by atoms with Crippen molar-refractivity contribution in [2.45, 2.75) is 33.1 Å². The third kappa shape index (κ3) is 4.39. The average molecular weight is 263 g/mol. The highest BCUT2D eigenvalue weighted by atomic mass is 16.5. The Morgan fingerprint density at radius 3 is 2.74 bits per heavy atom. The fourth-order valence-electron chi connectivity index (χ4n) is 1.84. The van der Waals surface area contributed by atoms with Crippen LogP contribution in [0.5, 0.6) is 5.88 Å². The topological polar surface area (TPSA) is 48.4 Å². The summed E-state index contributed by atoms with van der Waals surface area (Å²) in [6, 6.07) is 1.93. The fourth-order valence-corrected chi connectivity index (χ4v) is 1.84. The van der Waals surface area contributed by atoms with Gasteiger partial charge in [0, 0.05) is 17.8 Å². The van der Waals surface area contributed by atoms with Crippen molar-refractivity contribution in [3.05, 3.63) is 29.0 Å². The van der Waals surface area contributed by atoms with Crippen molar-refractivity contribution in [2.24, 2.45) is 0 Å². The SMILES string of the molecule is CCCCc1cc(OC)nc(C)c1/C=C/C(=O)OC. The molecule has 1 aromatic rings. The molecule has 0 fully saturated rings. The molecule has 0 bridgehead atoms. The van der Waals surface area contributed by atoms with Crippen LogP contribution in [0, 0.1) is 6.92 Å². The van der Waals surface area contributed by atoms with Gasteiger partial charge in [0.15, 0.2) is 0 Å². The zero-order chi connectivity index (χ0) is 14.3. The molecule has 0 aromatic carbocycles. The van der Waals surface area contributed by atoms with E-state index in [1.807, 2.05) is 13.0 Å². The molecule has 0 aliphatic heterocycles. The highest BCUT2D eigenvalue weighted by molar-refractivity contribution is 5.87. The van der Waals surface area contributed by atoms with E-state index in [0.717, 1.165) is 36.1 Å². The summed E-state index contributed by atoms with van der Waals surface area (Å²) in [6.45, 7) is 4.06. The van der Waals surface area contributed by atoms with Crippen LogP contribution < -0.4 is 4.74 Å². The molecule has 0 N–H and O–H groups in total. The summed E-state index contributed by atoms with van der Waals surface area (Å²) in [5.74, 6) is 0.246. The van der Waals surface area contributed by atoms with Gasteiger partial charge in [-0.1, -0.05) is 13.3 Å². The second-order valence-corrected chi connectivity index (χ2v) is 4.28. The van der Waals surface area contributed by atoms with Crippen LogP contribution in [0.25, 0.3) is 6.08 Å². The largest absolute Gasteiger partial charge is 0.481 e. The van der Waals surface area contributed by atoms with Gasteiger partial charge in [0.25, 0.3) is 0 Å². The summed E-state index contributed by atoms with van der Waals surface area (Å²) in [6.07, 6.45) is 6.33. The van der Waals surface area contributed by atoms with Gasteiger partial charge in [-0.05, 0) is 37.0 Å². The number of esters is 1. The van der Waals surface area contributed by atoms with Crippen molar-refractivity contribution in [3.8, 4) is 5.88 Å². The Morgan fingerprint density at radius 2 is 2.16 bits per heavy atom. The van der Waals surface area contributed by atoms with Crippen LogP contribution in [0.3, 0.4) is 0 Å². The maximum atomic E-state index is 11.2. The minimum absolute atomic E-state index is 0.364. The van der Waals surface area contributed by atoms with Crippen molar-refractivity contribution >= 4 is 12.0 Å². The lowest BCUT2D eigenvalue weighted by Crippen LogP contribution is -2.00. The molecule has 0 saturated carbocycles. The second kappa shape index (κ2) is 7.56. The predicted octanol–water partition coefficient (Wildman–Crippen LogP) is 2.93. The number of methoxy groups -OCH3 is 2. The monoisotopic (exact) mass is 263 g/mol. The number of aryl methyl sites for hydroxylation is 2. The van der Waals surface area contributed by atoms with Gasteiger partial charge in [0.1, 0.15) is 0 Å². The van der Waals surface area contributed by atoms with E-state index in [1.165, 1.54) is 13.2 Å². The first-order chi connectivity index (χ1) is 9.12. The molecule has 0 unspecified atom stereocenters. The maximum absolute atomic E-state index is 11.2. The molecular formula is C15H21NO3. The van der Waals surface area contributed by atoms with Gasteiger partial charge in [0.2, 0.25) is 5.88 Å². The third-order valence-electron chi connectivity index (χ3n) is 2.91. The van der Waals surface area contributed by atoms with E-state index in [1.54, 1.807) is 13.2 Å². The molecule has 1 heterocycles. The smallest absolute Gasteiger partial charge is 0.330 e. The molecule has 0 radical (unpaired) electrons. The van der Waals surface area contributed by atoms with Crippen molar-refractivity contribution in [1.82, 2.24) is 4.98 Å². The van der Waals surface area contributed by atoms with Crippen LogP contribution in [-0.4, -0.2) is 25.2 Å². The molecular weight excluding hydrogens is 242 g/mol. The molecule has 1 rings (SSSR count). The lowest BCUT2D eigenvalue weighted by molar-refractivity contribution is -0.134. The van der Waals surface area contributed by atoms with Crippen LogP contribution >= 0.6 is 0 Å². The number of nitrogens with zero attached hydrogens (tertiary/aromatic N) is 1. The van der Waals surface area contributed by atoms with Gasteiger partial charge in [-0.3, -0.25) is 0 Å². The normalized spacial score (nSPS) is 10.7. The van der Waals surface area contributed by atoms with Gasteiger partial charge >= 0.3 is 5.97 Å². The summed E-state index contributed by atoms with van der Waals surface area (Å²) < 4.78 is 9.80. The van der Waals surface area contributed by atoms with E-state index in [0.29, 0.717) is 5.88 Å². The van der Waals surface area contributed by atoms with Gasteiger partial charge in [-0.15, -0.1) is 0 Å². The molecule has 0 saturated heterocycles. The number of ether oxygens (including phenoxy) is 2. The molecule has 0 atom stereocenters. The minimum atomic E-state index is -0.364. The Labute approximate surface area is 114 Å². The lowest BCUT2D eigenvalue weighted by atomic mass is 10.0. The molecule has 104 valence electrons. The molecule has 0 amide bonds. The van der Waals surface area contributed by atoms with Gasteiger partial charge < -0.3 is 9.47 Å². The van der Waals surface area contributed by atoms with Gasteiger partial charge in [-0.25, -0.2) is 9.78 Å². The van der Waals surface area contributed by atoms with Crippen LogP contribution in [0.15, 0.2) is 12.1 Å². The van der Waals surface area contributed by atoms with Crippen LogP contribution in [0.2, 0.25) is 0 Å². The van der Waals surface area contributed by atoms with Crippen molar-refractivity contribution in [1.29, 1.82) is 0 Å². The quantitative estimate of drug-likeness (QED) is 0.585. The summed E-state index contributed by atoms with van der Waals surface area (Å²) >= 11 is 0. The molecule has 0 aliphatic carbocycles. The summed E-state index contributed by atoms with van der Waals surface area (Å²) in [7, 11) is 2.97. The Hall–Kier alpha value is -1.84. The first-order valence-corrected chi connectivity index (χ1v) is 6.42. The zero-order valence-corrected chi connectivity index (χ0v) is 12.0. The summed E-state index contributed by atoms with van der Waals surface area (Å²) in [5, 5.41) is 0. The van der Waals surface area contributed by atoms with E-state index in [-0.39, 0.29) is 5.97 Å². The number of rotatable bonds is 6. The standard InChI is InChI=1S/C15H21NO3/c1-5-6-7-12-10-14(18-3)16-11(2)13(12)8-9-15(17)19-4/h8-10H,5-7H2,1-4H3/b9-8+. The number of pyridine rings is 1. The number of aromatic nitrogens is 1. The summed E-state index contributed by atoms with van der Waals surface area (Å²) in [4.78, 5) is 15.5. The van der Waals surface area contributed by atoms with E-state index in [2.05, 4.69) is 16.6 Å². The van der Waals surface area contributed by atoms with Crippen LogP contribution in [0.4, 0.5) is 0 Å². The van der Waals surface area contributed by atoms with Crippen molar-refractivity contribution in [2.75, 3.05) is 14.2 Å². The lowest BCUT2D eigenvalue weighted by Gasteiger charge is -2.11. The summed E-state index contributed by atoms with van der Waals surface area (Å²) in [5.41, 5.74) is 2.97. The highest BCUT2D eigenvalue weighted by Crippen LogP contribution is 2.22.